The molecule has 1 aliphatic heterocycles. The van der Waals surface area contributed by atoms with Crippen LogP contribution in [-0.4, -0.2) is 28.4 Å². The van der Waals surface area contributed by atoms with Crippen molar-refractivity contribution < 1.29 is 27.9 Å². The Morgan fingerprint density at radius 2 is 1.82 bits per heavy atom. The lowest BCUT2D eigenvalue weighted by Gasteiger charge is -2.33. The molecule has 0 spiro atoms. The highest BCUT2D eigenvalue weighted by atomic mass is 19.4. The van der Waals surface area contributed by atoms with E-state index in [1.165, 1.54) is 11.0 Å². The highest BCUT2D eigenvalue weighted by Gasteiger charge is 2.47. The van der Waals surface area contributed by atoms with Crippen molar-refractivity contribution in [1.82, 2.24) is 4.90 Å². The topological polar surface area (TPSA) is 57.6 Å². The summed E-state index contributed by atoms with van der Waals surface area (Å²) in [7, 11) is 0. The Labute approximate surface area is 159 Å². The number of carbonyl (C=O) groups excluding carboxylic acids is 1. The fraction of sp³-hybridized carbons (Fsp3) is 0.333. The summed E-state index contributed by atoms with van der Waals surface area (Å²) in [6, 6.07) is 12.2. The molecule has 1 N–H and O–H groups in total. The maximum absolute atomic E-state index is 12.9. The second kappa shape index (κ2) is 6.65. The summed E-state index contributed by atoms with van der Waals surface area (Å²) in [4.78, 5) is 26.1. The van der Waals surface area contributed by atoms with Crippen LogP contribution in [0, 0.1) is 5.92 Å². The summed E-state index contributed by atoms with van der Waals surface area (Å²) >= 11 is 0. The number of amides is 1. The molecule has 1 fully saturated rings. The average Bonchev–Trinajstić information content (AvgIpc) is 3.46. The molecule has 4 rings (SSSR count). The smallest absolute Gasteiger partial charge is 0.416 e. The molecular weight excluding hydrogens is 371 g/mol. The lowest BCUT2D eigenvalue weighted by Crippen LogP contribution is -2.41. The monoisotopic (exact) mass is 389 g/mol. The standard InChI is InChI=1S/C21H18F3NO3/c22-21(23,24)14-6-3-5-12(8-14)16-9-17(16)19(26)25-10-13-4-1-2-7-15(13)18(11-25)20(27)28/h1-8,16-18H,9-11H2,(H,27,28). The van der Waals surface area contributed by atoms with Crippen molar-refractivity contribution in [2.24, 2.45) is 5.92 Å². The number of hydrogen-bond donors (Lipinski definition) is 1. The van der Waals surface area contributed by atoms with E-state index >= 15 is 0 Å². The molecule has 28 heavy (non-hydrogen) atoms. The van der Waals surface area contributed by atoms with E-state index in [-0.39, 0.29) is 18.4 Å². The number of carboxylic acids is 1. The van der Waals surface area contributed by atoms with Gasteiger partial charge in [0.05, 0.1) is 11.5 Å². The van der Waals surface area contributed by atoms with E-state index < -0.39 is 29.5 Å². The summed E-state index contributed by atoms with van der Waals surface area (Å²) < 4.78 is 38.8. The Kier molecular flexibility index (Phi) is 4.40. The van der Waals surface area contributed by atoms with Gasteiger partial charge in [-0.3, -0.25) is 9.59 Å². The van der Waals surface area contributed by atoms with Crippen molar-refractivity contribution in [3.63, 3.8) is 0 Å². The van der Waals surface area contributed by atoms with Crippen molar-refractivity contribution in [1.29, 1.82) is 0 Å². The minimum atomic E-state index is -4.42. The van der Waals surface area contributed by atoms with Crippen LogP contribution in [0.5, 0.6) is 0 Å². The van der Waals surface area contributed by atoms with Gasteiger partial charge >= 0.3 is 12.1 Å². The van der Waals surface area contributed by atoms with Crippen LogP contribution in [0.1, 0.15) is 40.5 Å². The van der Waals surface area contributed by atoms with Crippen LogP contribution in [-0.2, 0) is 22.3 Å². The van der Waals surface area contributed by atoms with Gasteiger partial charge < -0.3 is 10.0 Å². The van der Waals surface area contributed by atoms with Crippen LogP contribution in [0.15, 0.2) is 48.5 Å². The molecule has 1 saturated carbocycles. The van der Waals surface area contributed by atoms with E-state index in [0.29, 0.717) is 24.1 Å². The number of benzene rings is 2. The fourth-order valence-corrected chi connectivity index (χ4v) is 4.00. The molecule has 0 aromatic heterocycles. The lowest BCUT2D eigenvalue weighted by molar-refractivity contribution is -0.142. The Bertz CT molecular complexity index is 940. The first-order valence-electron chi connectivity index (χ1n) is 9.02. The van der Waals surface area contributed by atoms with Crippen molar-refractivity contribution in [3.05, 3.63) is 70.8 Å². The molecule has 1 amide bonds. The Balaban J connectivity index is 1.52. The number of alkyl halides is 3. The van der Waals surface area contributed by atoms with Crippen molar-refractivity contribution in [2.45, 2.75) is 31.0 Å². The summed E-state index contributed by atoms with van der Waals surface area (Å²) in [5, 5.41) is 9.53. The number of carbonyl (C=O) groups is 2. The summed E-state index contributed by atoms with van der Waals surface area (Å²) in [6.45, 7) is 0.404. The van der Waals surface area contributed by atoms with Crippen molar-refractivity contribution >= 4 is 11.9 Å². The quantitative estimate of drug-likeness (QED) is 0.863. The molecule has 3 atom stereocenters. The number of nitrogens with zero attached hydrogens (tertiary/aromatic N) is 1. The van der Waals surface area contributed by atoms with Crippen LogP contribution in [0.2, 0.25) is 0 Å². The zero-order valence-corrected chi connectivity index (χ0v) is 14.8. The van der Waals surface area contributed by atoms with E-state index in [0.717, 1.165) is 17.7 Å². The number of rotatable bonds is 3. The maximum Gasteiger partial charge on any atom is 0.416 e. The second-order valence-electron chi connectivity index (χ2n) is 7.38. The minimum absolute atomic E-state index is 0.0803. The van der Waals surface area contributed by atoms with Gasteiger partial charge in [-0.2, -0.15) is 13.2 Å². The van der Waals surface area contributed by atoms with Crippen LogP contribution < -0.4 is 0 Å². The highest BCUT2D eigenvalue weighted by molar-refractivity contribution is 5.85. The van der Waals surface area contributed by atoms with E-state index in [9.17, 15) is 27.9 Å². The van der Waals surface area contributed by atoms with Gasteiger partial charge in [-0.1, -0.05) is 42.5 Å². The second-order valence-corrected chi connectivity index (χ2v) is 7.38. The van der Waals surface area contributed by atoms with E-state index in [1.54, 1.807) is 24.3 Å². The molecule has 4 nitrogen and oxygen atoms in total. The molecule has 1 aliphatic carbocycles. The lowest BCUT2D eigenvalue weighted by atomic mass is 9.89. The average molecular weight is 389 g/mol. The van der Waals surface area contributed by atoms with Gasteiger partial charge in [0.2, 0.25) is 5.91 Å². The summed E-state index contributed by atoms with van der Waals surface area (Å²) in [5.74, 6) is -2.63. The predicted octanol–water partition coefficient (Wildman–Crippen LogP) is 4.02. The fourth-order valence-electron chi connectivity index (χ4n) is 4.00. The van der Waals surface area contributed by atoms with Gasteiger partial charge in [-0.25, -0.2) is 0 Å². The molecule has 7 heteroatoms. The van der Waals surface area contributed by atoms with E-state index in [4.69, 9.17) is 0 Å². The number of carboxylic acid groups (broad SMARTS) is 1. The molecule has 146 valence electrons. The van der Waals surface area contributed by atoms with Crippen molar-refractivity contribution in [2.75, 3.05) is 6.54 Å². The molecule has 0 saturated heterocycles. The first-order valence-corrected chi connectivity index (χ1v) is 9.02. The third kappa shape index (κ3) is 3.37. The Morgan fingerprint density at radius 1 is 1.07 bits per heavy atom. The molecular formula is C21H18F3NO3. The van der Waals surface area contributed by atoms with Crippen LogP contribution in [0.25, 0.3) is 0 Å². The Hall–Kier alpha value is -2.83. The molecule has 1 heterocycles. The largest absolute Gasteiger partial charge is 0.481 e. The third-order valence-corrected chi connectivity index (χ3v) is 5.55. The van der Waals surface area contributed by atoms with Crippen molar-refractivity contribution in [3.8, 4) is 0 Å². The third-order valence-electron chi connectivity index (χ3n) is 5.55. The zero-order valence-electron chi connectivity index (χ0n) is 14.8. The summed E-state index contributed by atoms with van der Waals surface area (Å²) in [5.41, 5.74) is 1.29. The minimum Gasteiger partial charge on any atom is -0.481 e. The Morgan fingerprint density at radius 3 is 2.54 bits per heavy atom. The molecule has 0 bridgehead atoms. The SMILES string of the molecule is O=C(O)C1CN(C(=O)C2CC2c2cccc(C(F)(F)F)c2)Cc2ccccc21. The number of halogens is 3. The number of hydrogen-bond acceptors (Lipinski definition) is 2. The number of fused-ring (bicyclic) bond motifs is 1. The van der Waals surface area contributed by atoms with Gasteiger partial charge in [0, 0.05) is 19.0 Å². The van der Waals surface area contributed by atoms with Gasteiger partial charge in [0.15, 0.2) is 0 Å². The first kappa shape index (κ1) is 18.5. The van der Waals surface area contributed by atoms with Crippen LogP contribution >= 0.6 is 0 Å². The predicted molar refractivity (Wildman–Crippen MR) is 94.5 cm³/mol. The van der Waals surface area contributed by atoms with Crippen LogP contribution in [0.3, 0.4) is 0 Å². The zero-order chi connectivity index (χ0) is 20.1. The molecule has 3 unspecified atom stereocenters. The molecule has 2 aromatic rings. The highest BCUT2D eigenvalue weighted by Crippen LogP contribution is 2.50. The van der Waals surface area contributed by atoms with Crippen LogP contribution in [0.4, 0.5) is 13.2 Å². The number of aliphatic carboxylic acids is 1. The van der Waals surface area contributed by atoms with E-state index in [2.05, 4.69) is 0 Å². The maximum atomic E-state index is 12.9. The van der Waals surface area contributed by atoms with Gasteiger partial charge in [-0.05, 0) is 35.1 Å². The van der Waals surface area contributed by atoms with E-state index in [1.807, 2.05) is 6.07 Å². The molecule has 2 aromatic carbocycles. The van der Waals surface area contributed by atoms with Gasteiger partial charge in [0.25, 0.3) is 0 Å². The normalized spacial score (nSPS) is 23.8. The molecule has 0 radical (unpaired) electrons. The van der Waals surface area contributed by atoms with Gasteiger partial charge in [-0.15, -0.1) is 0 Å². The summed E-state index contributed by atoms with van der Waals surface area (Å²) in [6.07, 6.45) is -3.94. The molecule has 2 aliphatic rings. The first-order chi connectivity index (χ1) is 13.3. The van der Waals surface area contributed by atoms with Gasteiger partial charge in [0.1, 0.15) is 0 Å².